The number of nitrogens with zero attached hydrogens (tertiary/aromatic N) is 1. The van der Waals surface area contributed by atoms with Crippen LogP contribution in [0, 0.1) is 5.82 Å². The fourth-order valence-corrected chi connectivity index (χ4v) is 2.33. The van der Waals surface area contributed by atoms with Gasteiger partial charge in [0.1, 0.15) is 18.1 Å². The van der Waals surface area contributed by atoms with Crippen LogP contribution in [0.2, 0.25) is 0 Å². The summed E-state index contributed by atoms with van der Waals surface area (Å²) in [5.74, 6) is 2.04. The molecule has 6 nitrogen and oxygen atoms in total. The lowest BCUT2D eigenvalue weighted by molar-refractivity contribution is 0.321. The molecule has 0 saturated heterocycles. The van der Waals surface area contributed by atoms with Gasteiger partial charge >= 0.3 is 0 Å². The summed E-state index contributed by atoms with van der Waals surface area (Å²) in [4.78, 5) is 4.46. The van der Waals surface area contributed by atoms with E-state index in [-0.39, 0.29) is 5.75 Å². The summed E-state index contributed by atoms with van der Waals surface area (Å²) >= 11 is 0. The Kier molecular flexibility index (Phi) is 8.22. The molecule has 0 heterocycles. The summed E-state index contributed by atoms with van der Waals surface area (Å²) in [6, 6.07) is 12.2. The Morgan fingerprint density at radius 2 is 1.74 bits per heavy atom. The van der Waals surface area contributed by atoms with Crippen molar-refractivity contribution in [2.24, 2.45) is 4.99 Å². The van der Waals surface area contributed by atoms with Crippen LogP contribution in [0.1, 0.15) is 12.5 Å². The summed E-state index contributed by atoms with van der Waals surface area (Å²) in [5.41, 5.74) is 0.764. The van der Waals surface area contributed by atoms with Crippen LogP contribution in [0.4, 0.5) is 4.39 Å². The van der Waals surface area contributed by atoms with E-state index in [0.717, 1.165) is 23.6 Å². The number of halogens is 1. The summed E-state index contributed by atoms with van der Waals surface area (Å²) in [6.07, 6.45) is 0. The second kappa shape index (κ2) is 10.9. The molecule has 0 amide bonds. The van der Waals surface area contributed by atoms with Crippen molar-refractivity contribution in [2.45, 2.75) is 13.5 Å². The zero-order chi connectivity index (χ0) is 19.5. The molecule has 27 heavy (non-hydrogen) atoms. The molecule has 0 fully saturated rings. The van der Waals surface area contributed by atoms with Crippen LogP contribution in [0.5, 0.6) is 17.2 Å². The topological polar surface area (TPSA) is 64.1 Å². The molecule has 0 aliphatic carbocycles. The van der Waals surface area contributed by atoms with Crippen molar-refractivity contribution in [2.75, 3.05) is 33.9 Å². The number of nitrogens with one attached hydrogen (secondary N) is 2. The van der Waals surface area contributed by atoms with Gasteiger partial charge in [-0.25, -0.2) is 9.38 Å². The van der Waals surface area contributed by atoms with E-state index in [2.05, 4.69) is 15.6 Å². The molecule has 0 unspecified atom stereocenters. The lowest BCUT2D eigenvalue weighted by Gasteiger charge is -2.12. The van der Waals surface area contributed by atoms with E-state index in [1.807, 2.05) is 31.2 Å². The first-order valence-electron chi connectivity index (χ1n) is 8.77. The molecule has 0 aromatic heterocycles. The van der Waals surface area contributed by atoms with Crippen molar-refractivity contribution in [1.82, 2.24) is 10.6 Å². The minimum Gasteiger partial charge on any atom is -0.497 e. The third-order valence-corrected chi connectivity index (χ3v) is 3.70. The summed E-state index contributed by atoms with van der Waals surface area (Å²) in [5, 5.41) is 6.34. The predicted molar refractivity (Wildman–Crippen MR) is 104 cm³/mol. The summed E-state index contributed by atoms with van der Waals surface area (Å²) in [7, 11) is 3.07. The van der Waals surface area contributed by atoms with Crippen LogP contribution >= 0.6 is 0 Å². The molecule has 0 aliphatic rings. The van der Waals surface area contributed by atoms with Gasteiger partial charge in [-0.1, -0.05) is 6.07 Å². The van der Waals surface area contributed by atoms with E-state index in [4.69, 9.17) is 14.2 Å². The quantitative estimate of drug-likeness (QED) is 0.401. The molecule has 2 aromatic rings. The molecule has 0 aliphatic heterocycles. The zero-order valence-corrected chi connectivity index (χ0v) is 15.9. The van der Waals surface area contributed by atoms with Gasteiger partial charge in [-0.2, -0.15) is 0 Å². The molecule has 0 radical (unpaired) electrons. The maximum atomic E-state index is 13.8. The van der Waals surface area contributed by atoms with Gasteiger partial charge in [-0.05, 0) is 48.9 Å². The number of benzene rings is 2. The number of hydrogen-bond acceptors (Lipinski definition) is 4. The smallest absolute Gasteiger partial charge is 0.191 e. The molecule has 0 atom stereocenters. The predicted octanol–water partition coefficient (Wildman–Crippen LogP) is 2.98. The Bertz CT molecular complexity index is 736. The standard InChI is InChI=1S/C20H26FN3O3/c1-4-22-20(24-14-15-5-10-19(26-3)18(21)13-15)23-11-12-27-17-8-6-16(25-2)7-9-17/h5-10,13H,4,11-12,14H2,1-3H3,(H2,22,23,24). The van der Waals surface area contributed by atoms with Crippen LogP contribution < -0.4 is 24.8 Å². The molecular formula is C20H26FN3O3. The third-order valence-electron chi connectivity index (χ3n) is 3.70. The molecule has 2 rings (SSSR count). The Labute approximate surface area is 159 Å². The number of ether oxygens (including phenoxy) is 3. The lowest BCUT2D eigenvalue weighted by Crippen LogP contribution is -2.39. The first-order valence-corrected chi connectivity index (χ1v) is 8.77. The van der Waals surface area contributed by atoms with Gasteiger partial charge in [0.15, 0.2) is 17.5 Å². The lowest BCUT2D eigenvalue weighted by atomic mass is 10.2. The monoisotopic (exact) mass is 375 g/mol. The fraction of sp³-hybridized carbons (Fsp3) is 0.350. The van der Waals surface area contributed by atoms with Crippen LogP contribution in [-0.4, -0.2) is 39.9 Å². The van der Waals surface area contributed by atoms with Crippen molar-refractivity contribution in [3.63, 3.8) is 0 Å². The molecule has 2 N–H and O–H groups in total. The van der Waals surface area contributed by atoms with E-state index >= 15 is 0 Å². The Morgan fingerprint density at radius 1 is 1.00 bits per heavy atom. The van der Waals surface area contributed by atoms with Gasteiger partial charge < -0.3 is 24.8 Å². The molecule has 0 spiro atoms. The zero-order valence-electron chi connectivity index (χ0n) is 15.9. The maximum absolute atomic E-state index is 13.8. The van der Waals surface area contributed by atoms with E-state index in [0.29, 0.717) is 25.7 Å². The molecule has 146 valence electrons. The average molecular weight is 375 g/mol. The Balaban J connectivity index is 1.83. The highest BCUT2D eigenvalue weighted by atomic mass is 19.1. The fourth-order valence-electron chi connectivity index (χ4n) is 2.33. The summed E-state index contributed by atoms with van der Waals surface area (Å²) in [6.45, 7) is 4.12. The van der Waals surface area contributed by atoms with Crippen molar-refractivity contribution in [1.29, 1.82) is 0 Å². The van der Waals surface area contributed by atoms with Gasteiger partial charge in [-0.15, -0.1) is 0 Å². The molecular weight excluding hydrogens is 349 g/mol. The van der Waals surface area contributed by atoms with Gasteiger partial charge in [-0.3, -0.25) is 0 Å². The Morgan fingerprint density at radius 3 is 2.37 bits per heavy atom. The van der Waals surface area contributed by atoms with Crippen LogP contribution in [0.3, 0.4) is 0 Å². The first-order chi connectivity index (χ1) is 13.2. The highest BCUT2D eigenvalue weighted by molar-refractivity contribution is 5.79. The highest BCUT2D eigenvalue weighted by Crippen LogP contribution is 2.18. The van der Waals surface area contributed by atoms with Gasteiger partial charge in [0.2, 0.25) is 0 Å². The van der Waals surface area contributed by atoms with E-state index in [1.165, 1.54) is 13.2 Å². The second-order valence-corrected chi connectivity index (χ2v) is 5.61. The van der Waals surface area contributed by atoms with Crippen LogP contribution in [0.15, 0.2) is 47.5 Å². The van der Waals surface area contributed by atoms with Gasteiger partial charge in [0, 0.05) is 6.54 Å². The maximum Gasteiger partial charge on any atom is 0.191 e. The van der Waals surface area contributed by atoms with Crippen molar-refractivity contribution >= 4 is 5.96 Å². The van der Waals surface area contributed by atoms with E-state index < -0.39 is 5.82 Å². The van der Waals surface area contributed by atoms with Crippen LogP contribution in [0.25, 0.3) is 0 Å². The van der Waals surface area contributed by atoms with Gasteiger partial charge in [0.05, 0.1) is 27.3 Å². The molecule has 7 heteroatoms. The normalized spacial score (nSPS) is 11.0. The SMILES string of the molecule is CCNC(=NCc1ccc(OC)c(F)c1)NCCOc1ccc(OC)cc1. The Hall–Kier alpha value is -2.96. The largest absolute Gasteiger partial charge is 0.497 e. The number of guanidine groups is 1. The van der Waals surface area contributed by atoms with Crippen molar-refractivity contribution < 1.29 is 18.6 Å². The average Bonchev–Trinajstić information content (AvgIpc) is 2.69. The number of hydrogen-bond donors (Lipinski definition) is 2. The van der Waals surface area contributed by atoms with Crippen molar-refractivity contribution in [3.8, 4) is 17.2 Å². The highest BCUT2D eigenvalue weighted by Gasteiger charge is 2.04. The minimum absolute atomic E-state index is 0.225. The molecule has 0 saturated carbocycles. The van der Waals surface area contributed by atoms with Crippen LogP contribution in [-0.2, 0) is 6.54 Å². The van der Waals surface area contributed by atoms with Gasteiger partial charge in [0.25, 0.3) is 0 Å². The number of rotatable bonds is 9. The molecule has 0 bridgehead atoms. The minimum atomic E-state index is -0.393. The first kappa shape index (κ1) is 20.4. The van der Waals surface area contributed by atoms with E-state index in [1.54, 1.807) is 19.2 Å². The van der Waals surface area contributed by atoms with Crippen molar-refractivity contribution in [3.05, 3.63) is 53.8 Å². The third kappa shape index (κ3) is 6.69. The molecule has 2 aromatic carbocycles. The summed E-state index contributed by atoms with van der Waals surface area (Å²) < 4.78 is 29.5. The number of aliphatic imine (C=N–C) groups is 1. The second-order valence-electron chi connectivity index (χ2n) is 5.61. The number of methoxy groups -OCH3 is 2. The van der Waals surface area contributed by atoms with E-state index in [9.17, 15) is 4.39 Å².